The first-order chi connectivity index (χ1) is 10.0. The second kappa shape index (κ2) is 7.02. The summed E-state index contributed by atoms with van der Waals surface area (Å²) in [6, 6.07) is -0.439. The van der Waals surface area contributed by atoms with Gasteiger partial charge in [-0.2, -0.15) is 0 Å². The van der Waals surface area contributed by atoms with Gasteiger partial charge in [0.2, 0.25) is 11.8 Å². The fraction of sp³-hybridized carbons (Fsp3) is 0.800. The van der Waals surface area contributed by atoms with Gasteiger partial charge in [0.25, 0.3) is 0 Å². The summed E-state index contributed by atoms with van der Waals surface area (Å²) in [4.78, 5) is 38.5. The van der Waals surface area contributed by atoms with Crippen molar-refractivity contribution in [1.29, 1.82) is 0 Å². The van der Waals surface area contributed by atoms with Gasteiger partial charge >= 0.3 is 5.97 Å². The molecule has 1 aliphatic carbocycles. The van der Waals surface area contributed by atoms with E-state index in [0.29, 0.717) is 0 Å². The van der Waals surface area contributed by atoms with Crippen LogP contribution in [0, 0.1) is 0 Å². The second-order valence-electron chi connectivity index (χ2n) is 6.09. The van der Waals surface area contributed by atoms with Crippen LogP contribution in [0.3, 0.4) is 0 Å². The number of carbonyl (C=O) groups excluding carboxylic acids is 2. The Morgan fingerprint density at radius 1 is 1.24 bits per heavy atom. The number of carboxylic acid groups (broad SMARTS) is 1. The standard InChI is InChI=1S/C15H24N2O4/c1-16(9-8-14(19)20)12-10-13(18)17(15(12)21)11-6-4-2-3-5-7-11/h11-12H,2-10H2,1H3,(H,19,20). The highest BCUT2D eigenvalue weighted by atomic mass is 16.4. The Kier molecular flexibility index (Phi) is 5.33. The van der Waals surface area contributed by atoms with Crippen molar-refractivity contribution in [1.82, 2.24) is 9.80 Å². The quantitative estimate of drug-likeness (QED) is 0.610. The first-order valence-electron chi connectivity index (χ1n) is 7.78. The van der Waals surface area contributed by atoms with Crippen molar-refractivity contribution in [2.24, 2.45) is 0 Å². The summed E-state index contributed by atoms with van der Waals surface area (Å²) in [6.45, 7) is 0.289. The van der Waals surface area contributed by atoms with Crippen molar-refractivity contribution in [3.05, 3.63) is 0 Å². The average Bonchev–Trinajstić information content (AvgIpc) is 2.63. The van der Waals surface area contributed by atoms with Gasteiger partial charge in [-0.3, -0.25) is 24.2 Å². The number of imide groups is 1. The number of rotatable bonds is 5. The highest BCUT2D eigenvalue weighted by Crippen LogP contribution is 2.28. The minimum absolute atomic E-state index is 0.0160. The van der Waals surface area contributed by atoms with Crippen LogP contribution in [0.5, 0.6) is 0 Å². The van der Waals surface area contributed by atoms with E-state index in [9.17, 15) is 14.4 Å². The molecule has 1 unspecified atom stereocenters. The molecule has 1 heterocycles. The third-order valence-electron chi connectivity index (χ3n) is 4.56. The number of hydrogen-bond donors (Lipinski definition) is 1. The Morgan fingerprint density at radius 2 is 1.86 bits per heavy atom. The highest BCUT2D eigenvalue weighted by Gasteiger charge is 2.43. The summed E-state index contributed by atoms with van der Waals surface area (Å²) < 4.78 is 0. The van der Waals surface area contributed by atoms with Crippen molar-refractivity contribution >= 4 is 17.8 Å². The molecule has 118 valence electrons. The Balaban J connectivity index is 1.99. The number of aliphatic carboxylic acids is 1. The first kappa shape index (κ1) is 15.9. The van der Waals surface area contributed by atoms with E-state index in [0.717, 1.165) is 25.7 Å². The number of nitrogens with zero attached hydrogens (tertiary/aromatic N) is 2. The molecule has 1 saturated carbocycles. The normalized spacial score (nSPS) is 24.7. The zero-order valence-corrected chi connectivity index (χ0v) is 12.6. The fourth-order valence-electron chi connectivity index (χ4n) is 3.31. The van der Waals surface area contributed by atoms with Crippen molar-refractivity contribution in [3.8, 4) is 0 Å². The van der Waals surface area contributed by atoms with E-state index in [1.807, 2.05) is 0 Å². The third-order valence-corrected chi connectivity index (χ3v) is 4.56. The monoisotopic (exact) mass is 296 g/mol. The van der Waals surface area contributed by atoms with Crippen LogP contribution in [-0.2, 0) is 14.4 Å². The molecule has 1 saturated heterocycles. The number of amides is 2. The van der Waals surface area contributed by atoms with E-state index in [1.54, 1.807) is 11.9 Å². The zero-order valence-electron chi connectivity index (χ0n) is 12.6. The molecule has 6 nitrogen and oxygen atoms in total. The van der Waals surface area contributed by atoms with Crippen LogP contribution in [-0.4, -0.2) is 58.4 Å². The van der Waals surface area contributed by atoms with Gasteiger partial charge in [-0.25, -0.2) is 0 Å². The van der Waals surface area contributed by atoms with Gasteiger partial charge in [0.15, 0.2) is 0 Å². The summed E-state index contributed by atoms with van der Waals surface area (Å²) in [7, 11) is 1.72. The molecule has 0 aromatic carbocycles. The molecule has 0 bridgehead atoms. The van der Waals surface area contributed by atoms with E-state index < -0.39 is 12.0 Å². The Morgan fingerprint density at radius 3 is 2.43 bits per heavy atom. The number of likely N-dealkylation sites (N-methyl/N-ethyl adjacent to an activating group) is 1. The molecule has 1 N–H and O–H groups in total. The highest BCUT2D eigenvalue weighted by molar-refractivity contribution is 6.05. The minimum atomic E-state index is -0.890. The van der Waals surface area contributed by atoms with E-state index in [2.05, 4.69) is 0 Å². The second-order valence-corrected chi connectivity index (χ2v) is 6.09. The maximum atomic E-state index is 12.5. The lowest BCUT2D eigenvalue weighted by atomic mass is 10.1. The molecule has 6 heteroatoms. The van der Waals surface area contributed by atoms with Crippen LogP contribution >= 0.6 is 0 Å². The molecule has 0 radical (unpaired) electrons. The number of carboxylic acids is 1. The Hall–Kier alpha value is -1.43. The van der Waals surface area contributed by atoms with E-state index >= 15 is 0 Å². The molecule has 1 aliphatic heterocycles. The van der Waals surface area contributed by atoms with Crippen LogP contribution in [0.4, 0.5) is 0 Å². The van der Waals surface area contributed by atoms with E-state index in [4.69, 9.17) is 5.11 Å². The largest absolute Gasteiger partial charge is 0.481 e. The summed E-state index contributed by atoms with van der Waals surface area (Å²) in [5, 5.41) is 8.72. The lowest BCUT2D eigenvalue weighted by Gasteiger charge is -2.27. The molecular formula is C15H24N2O4. The molecule has 2 aliphatic rings. The zero-order chi connectivity index (χ0) is 15.4. The first-order valence-corrected chi connectivity index (χ1v) is 7.78. The van der Waals surface area contributed by atoms with Crippen molar-refractivity contribution < 1.29 is 19.5 Å². The van der Waals surface area contributed by atoms with Gasteiger partial charge in [-0.15, -0.1) is 0 Å². The fourth-order valence-corrected chi connectivity index (χ4v) is 3.31. The Labute approximate surface area is 125 Å². The molecule has 21 heavy (non-hydrogen) atoms. The number of likely N-dealkylation sites (tertiary alicyclic amines) is 1. The molecule has 2 rings (SSSR count). The summed E-state index contributed by atoms with van der Waals surface area (Å²) in [5.41, 5.74) is 0. The third kappa shape index (κ3) is 3.81. The number of hydrogen-bond acceptors (Lipinski definition) is 4. The van der Waals surface area contributed by atoms with Crippen LogP contribution in [0.15, 0.2) is 0 Å². The predicted octanol–water partition coefficient (Wildman–Crippen LogP) is 1.24. The van der Waals surface area contributed by atoms with Crippen molar-refractivity contribution in [2.45, 2.75) is 63.5 Å². The van der Waals surface area contributed by atoms with Crippen LogP contribution < -0.4 is 0 Å². The van der Waals surface area contributed by atoms with Crippen molar-refractivity contribution in [2.75, 3.05) is 13.6 Å². The van der Waals surface area contributed by atoms with Crippen LogP contribution in [0.2, 0.25) is 0 Å². The lowest BCUT2D eigenvalue weighted by molar-refractivity contribution is -0.143. The Bertz CT molecular complexity index is 416. The van der Waals surface area contributed by atoms with Gasteiger partial charge in [0, 0.05) is 12.6 Å². The van der Waals surface area contributed by atoms with Gasteiger partial charge in [-0.05, 0) is 19.9 Å². The predicted molar refractivity (Wildman–Crippen MR) is 76.6 cm³/mol. The maximum absolute atomic E-state index is 12.5. The van der Waals surface area contributed by atoms with Crippen molar-refractivity contribution in [3.63, 3.8) is 0 Å². The summed E-state index contributed by atoms with van der Waals surface area (Å²) in [6.07, 6.45) is 6.47. The summed E-state index contributed by atoms with van der Waals surface area (Å²) >= 11 is 0. The van der Waals surface area contributed by atoms with Gasteiger partial charge in [0.1, 0.15) is 0 Å². The molecular weight excluding hydrogens is 272 g/mol. The molecule has 1 atom stereocenters. The lowest BCUT2D eigenvalue weighted by Crippen LogP contribution is -2.44. The number of carbonyl (C=O) groups is 3. The van der Waals surface area contributed by atoms with Gasteiger partial charge < -0.3 is 5.11 Å². The average molecular weight is 296 g/mol. The SMILES string of the molecule is CN(CCC(=O)O)C1CC(=O)N(C2CCCCCC2)C1=O. The van der Waals surface area contributed by atoms with Crippen LogP contribution in [0.25, 0.3) is 0 Å². The molecule has 0 spiro atoms. The van der Waals surface area contributed by atoms with E-state index in [-0.39, 0.29) is 37.2 Å². The topological polar surface area (TPSA) is 77.9 Å². The van der Waals surface area contributed by atoms with Gasteiger partial charge in [-0.1, -0.05) is 25.7 Å². The van der Waals surface area contributed by atoms with Gasteiger partial charge in [0.05, 0.1) is 18.9 Å². The summed E-state index contributed by atoms with van der Waals surface area (Å²) in [5.74, 6) is -1.13. The maximum Gasteiger partial charge on any atom is 0.304 e. The molecule has 2 fully saturated rings. The minimum Gasteiger partial charge on any atom is -0.481 e. The van der Waals surface area contributed by atoms with E-state index in [1.165, 1.54) is 17.7 Å². The molecule has 0 aromatic heterocycles. The molecule has 0 aromatic rings. The smallest absolute Gasteiger partial charge is 0.304 e. The van der Waals surface area contributed by atoms with Crippen LogP contribution in [0.1, 0.15) is 51.4 Å². The molecule has 2 amide bonds.